The Morgan fingerprint density at radius 3 is 2.07 bits per heavy atom. The molecule has 1 saturated carbocycles. The van der Waals surface area contributed by atoms with Gasteiger partial charge >= 0.3 is 6.18 Å². The first-order valence-corrected chi connectivity index (χ1v) is 5.19. The van der Waals surface area contributed by atoms with Crippen LogP contribution < -0.4 is 0 Å². The van der Waals surface area contributed by atoms with Gasteiger partial charge in [0.2, 0.25) is 0 Å². The third kappa shape index (κ3) is 2.41. The summed E-state index contributed by atoms with van der Waals surface area (Å²) in [7, 11) is 0. The molecule has 0 bridgehead atoms. The van der Waals surface area contributed by atoms with Crippen LogP contribution in [0.15, 0.2) is 0 Å². The molecular weight excluding hydrogens is 193 g/mol. The highest BCUT2D eigenvalue weighted by Gasteiger charge is 2.55. The van der Waals surface area contributed by atoms with Gasteiger partial charge in [-0.05, 0) is 25.7 Å². The molecule has 0 radical (unpaired) electrons. The Bertz CT molecular complexity index is 186. The number of hydrogen-bond donors (Lipinski definition) is 0. The van der Waals surface area contributed by atoms with Crippen molar-refractivity contribution in [1.82, 2.24) is 0 Å². The minimum absolute atomic E-state index is 0.0147. The van der Waals surface area contributed by atoms with Crippen molar-refractivity contribution in [3.05, 3.63) is 0 Å². The summed E-state index contributed by atoms with van der Waals surface area (Å²) in [5, 5.41) is 0. The summed E-state index contributed by atoms with van der Waals surface area (Å²) in [5.74, 6) is 0. The molecule has 0 saturated heterocycles. The molecule has 1 aliphatic carbocycles. The third-order valence-electron chi connectivity index (χ3n) is 2.66. The van der Waals surface area contributed by atoms with Crippen molar-refractivity contribution in [2.75, 3.05) is 0 Å². The Balaban J connectivity index is 2.72. The zero-order chi connectivity index (χ0) is 10.8. The number of rotatable bonds is 5. The van der Waals surface area contributed by atoms with Gasteiger partial charge in [-0.25, -0.2) is 0 Å². The molecule has 0 aromatic carbocycles. The summed E-state index contributed by atoms with van der Waals surface area (Å²) >= 11 is 0. The highest BCUT2D eigenvalue weighted by atomic mass is 19.4. The van der Waals surface area contributed by atoms with Crippen molar-refractivity contribution in [3.8, 4) is 0 Å². The van der Waals surface area contributed by atoms with E-state index < -0.39 is 11.8 Å². The lowest BCUT2D eigenvalue weighted by Gasteiger charge is -2.34. The van der Waals surface area contributed by atoms with E-state index in [1.54, 1.807) is 13.8 Å². The summed E-state index contributed by atoms with van der Waals surface area (Å²) in [6.45, 7) is 3.30. The first-order chi connectivity index (χ1) is 6.45. The smallest absolute Gasteiger partial charge is 0.362 e. The van der Waals surface area contributed by atoms with Gasteiger partial charge in [0, 0.05) is 0 Å². The summed E-state index contributed by atoms with van der Waals surface area (Å²) in [4.78, 5) is 0. The minimum atomic E-state index is -4.24. The molecule has 1 rings (SSSR count). The lowest BCUT2D eigenvalue weighted by molar-refractivity contribution is -0.285. The number of alkyl halides is 3. The molecule has 1 fully saturated rings. The van der Waals surface area contributed by atoms with Crippen LogP contribution in [0.1, 0.15) is 46.0 Å². The van der Waals surface area contributed by atoms with Crippen molar-refractivity contribution >= 4 is 0 Å². The second-order valence-corrected chi connectivity index (χ2v) is 3.91. The van der Waals surface area contributed by atoms with E-state index in [-0.39, 0.29) is 18.9 Å². The van der Waals surface area contributed by atoms with E-state index in [1.165, 1.54) is 0 Å². The fourth-order valence-electron chi connectivity index (χ4n) is 1.64. The molecule has 0 aromatic heterocycles. The van der Waals surface area contributed by atoms with Gasteiger partial charge in [0.1, 0.15) is 0 Å². The van der Waals surface area contributed by atoms with Crippen LogP contribution in [0, 0.1) is 0 Å². The zero-order valence-corrected chi connectivity index (χ0v) is 8.66. The van der Waals surface area contributed by atoms with Crippen LogP contribution in [-0.2, 0) is 4.74 Å². The van der Waals surface area contributed by atoms with Crippen LogP contribution in [0.3, 0.4) is 0 Å². The molecular formula is C10H17F3O. The molecule has 0 N–H and O–H groups in total. The average molecular weight is 210 g/mol. The molecule has 1 unspecified atom stereocenters. The first kappa shape index (κ1) is 11.8. The standard InChI is InChI=1S/C10H17F3O/c1-3-7-9(4-2,10(11,12)13)14-8-5-6-8/h8H,3-7H2,1-2H3. The van der Waals surface area contributed by atoms with Gasteiger partial charge in [-0.15, -0.1) is 0 Å². The third-order valence-corrected chi connectivity index (χ3v) is 2.66. The SMILES string of the molecule is CCCC(CC)(OC1CC1)C(F)(F)F. The topological polar surface area (TPSA) is 9.23 Å². The molecule has 14 heavy (non-hydrogen) atoms. The van der Waals surface area contributed by atoms with E-state index in [1.807, 2.05) is 0 Å². The van der Waals surface area contributed by atoms with E-state index in [2.05, 4.69) is 0 Å². The normalized spacial score (nSPS) is 22.1. The molecule has 0 aliphatic heterocycles. The van der Waals surface area contributed by atoms with Crippen LogP contribution in [0.25, 0.3) is 0 Å². The monoisotopic (exact) mass is 210 g/mol. The number of halogens is 3. The Kier molecular flexibility index (Phi) is 3.45. The van der Waals surface area contributed by atoms with E-state index in [0.29, 0.717) is 6.42 Å². The fourth-order valence-corrected chi connectivity index (χ4v) is 1.64. The minimum Gasteiger partial charge on any atom is -0.362 e. The summed E-state index contributed by atoms with van der Waals surface area (Å²) in [6.07, 6.45) is -2.24. The predicted octanol–water partition coefficient (Wildman–Crippen LogP) is 3.68. The zero-order valence-electron chi connectivity index (χ0n) is 8.66. The van der Waals surface area contributed by atoms with E-state index in [4.69, 9.17) is 4.74 Å². The second-order valence-electron chi connectivity index (χ2n) is 3.91. The van der Waals surface area contributed by atoms with Crippen LogP contribution in [0.2, 0.25) is 0 Å². The van der Waals surface area contributed by atoms with Crippen LogP contribution >= 0.6 is 0 Å². The summed E-state index contributed by atoms with van der Waals surface area (Å²) in [6, 6.07) is 0. The van der Waals surface area contributed by atoms with Gasteiger partial charge in [0.25, 0.3) is 0 Å². The molecule has 1 nitrogen and oxygen atoms in total. The van der Waals surface area contributed by atoms with Crippen molar-refractivity contribution < 1.29 is 17.9 Å². The highest BCUT2D eigenvalue weighted by Crippen LogP contribution is 2.44. The van der Waals surface area contributed by atoms with Gasteiger partial charge in [0.15, 0.2) is 5.60 Å². The second kappa shape index (κ2) is 4.09. The molecule has 84 valence electrons. The maximum Gasteiger partial charge on any atom is 0.417 e. The molecule has 0 spiro atoms. The van der Waals surface area contributed by atoms with E-state index in [0.717, 1.165) is 12.8 Å². The number of hydrogen-bond acceptors (Lipinski definition) is 1. The van der Waals surface area contributed by atoms with Gasteiger partial charge in [-0.2, -0.15) is 13.2 Å². The Labute approximate surface area is 82.6 Å². The van der Waals surface area contributed by atoms with Gasteiger partial charge < -0.3 is 4.74 Å². The predicted molar refractivity (Wildman–Crippen MR) is 48.1 cm³/mol. The first-order valence-electron chi connectivity index (χ1n) is 5.19. The van der Waals surface area contributed by atoms with Gasteiger partial charge in [0.05, 0.1) is 6.10 Å². The lowest BCUT2D eigenvalue weighted by atomic mass is 9.94. The summed E-state index contributed by atoms with van der Waals surface area (Å²) in [5.41, 5.74) is -1.89. The molecule has 0 amide bonds. The van der Waals surface area contributed by atoms with Crippen molar-refractivity contribution in [1.29, 1.82) is 0 Å². The van der Waals surface area contributed by atoms with Crippen LogP contribution in [-0.4, -0.2) is 17.9 Å². The van der Waals surface area contributed by atoms with Crippen molar-refractivity contribution in [3.63, 3.8) is 0 Å². The summed E-state index contributed by atoms with van der Waals surface area (Å²) < 4.78 is 43.7. The van der Waals surface area contributed by atoms with Gasteiger partial charge in [-0.1, -0.05) is 20.3 Å². The highest BCUT2D eigenvalue weighted by molar-refractivity contribution is 4.91. The Morgan fingerprint density at radius 2 is 1.79 bits per heavy atom. The van der Waals surface area contributed by atoms with Crippen LogP contribution in [0.4, 0.5) is 13.2 Å². The van der Waals surface area contributed by atoms with Crippen LogP contribution in [0.5, 0.6) is 0 Å². The Morgan fingerprint density at radius 1 is 1.21 bits per heavy atom. The fraction of sp³-hybridized carbons (Fsp3) is 1.00. The van der Waals surface area contributed by atoms with E-state index in [9.17, 15) is 13.2 Å². The maximum atomic E-state index is 12.8. The molecule has 4 heteroatoms. The van der Waals surface area contributed by atoms with Crippen molar-refractivity contribution in [2.24, 2.45) is 0 Å². The molecule has 1 atom stereocenters. The Hall–Kier alpha value is -0.250. The largest absolute Gasteiger partial charge is 0.417 e. The molecule has 0 aromatic rings. The lowest BCUT2D eigenvalue weighted by Crippen LogP contribution is -2.47. The van der Waals surface area contributed by atoms with Crippen molar-refractivity contribution in [2.45, 2.75) is 63.8 Å². The van der Waals surface area contributed by atoms with E-state index >= 15 is 0 Å². The van der Waals surface area contributed by atoms with Gasteiger partial charge in [-0.3, -0.25) is 0 Å². The number of ether oxygens (including phenoxy) is 1. The molecule has 0 heterocycles. The molecule has 1 aliphatic rings. The maximum absolute atomic E-state index is 12.8. The quantitative estimate of drug-likeness (QED) is 0.672. The average Bonchev–Trinajstić information content (AvgIpc) is 2.85.